The summed E-state index contributed by atoms with van der Waals surface area (Å²) in [6, 6.07) is 8.92. The van der Waals surface area contributed by atoms with E-state index in [9.17, 15) is 0 Å². The first-order valence-corrected chi connectivity index (χ1v) is 6.58. The van der Waals surface area contributed by atoms with Crippen LogP contribution in [-0.4, -0.2) is 6.04 Å². The fourth-order valence-corrected chi connectivity index (χ4v) is 2.03. The topological polar surface area (TPSA) is 12.0 Å². The van der Waals surface area contributed by atoms with Crippen LogP contribution in [0.15, 0.2) is 28.7 Å². The van der Waals surface area contributed by atoms with Crippen LogP contribution in [-0.2, 0) is 0 Å². The first kappa shape index (κ1) is 12.6. The summed E-state index contributed by atoms with van der Waals surface area (Å²) in [5.74, 6) is 0. The van der Waals surface area contributed by atoms with Gasteiger partial charge in [-0.1, -0.05) is 38.8 Å². The number of anilines is 1. The molecule has 0 aliphatic rings. The zero-order valence-corrected chi connectivity index (χ0v) is 11.2. The zero-order chi connectivity index (χ0) is 11.1. The van der Waals surface area contributed by atoms with E-state index in [1.807, 2.05) is 6.07 Å². The number of nitrogens with one attached hydrogen (secondary N) is 1. The Balaban J connectivity index is 2.54. The van der Waals surface area contributed by atoms with E-state index < -0.39 is 0 Å². The Labute approximate surface area is 101 Å². The fraction of sp³-hybridized carbons (Fsp3) is 0.538. The molecular weight excluding hydrogens is 250 g/mol. The summed E-state index contributed by atoms with van der Waals surface area (Å²) in [6.07, 6.45) is 5.01. The second-order valence-corrected chi connectivity index (χ2v) is 4.73. The van der Waals surface area contributed by atoms with E-state index in [-0.39, 0.29) is 0 Å². The molecule has 84 valence electrons. The molecule has 1 N–H and O–H groups in total. The Bertz CT molecular complexity index is 286. The van der Waals surface area contributed by atoms with Gasteiger partial charge in [0.05, 0.1) is 0 Å². The Morgan fingerprint density at radius 3 is 2.60 bits per heavy atom. The second-order valence-electron chi connectivity index (χ2n) is 3.87. The predicted molar refractivity (Wildman–Crippen MR) is 71.4 cm³/mol. The fourth-order valence-electron chi connectivity index (χ4n) is 1.63. The number of unbranched alkanes of at least 4 members (excludes halogenated alkanes) is 1. The average molecular weight is 270 g/mol. The molecule has 2 heteroatoms. The van der Waals surface area contributed by atoms with Crippen molar-refractivity contribution >= 4 is 21.6 Å². The highest BCUT2D eigenvalue weighted by atomic mass is 79.9. The van der Waals surface area contributed by atoms with Crippen LogP contribution in [0.5, 0.6) is 0 Å². The molecule has 0 aromatic heterocycles. The number of halogens is 1. The van der Waals surface area contributed by atoms with E-state index >= 15 is 0 Å². The van der Waals surface area contributed by atoms with Gasteiger partial charge < -0.3 is 5.32 Å². The van der Waals surface area contributed by atoms with E-state index in [0.717, 1.165) is 4.47 Å². The lowest BCUT2D eigenvalue weighted by Gasteiger charge is -2.18. The largest absolute Gasteiger partial charge is 0.381 e. The van der Waals surface area contributed by atoms with Crippen molar-refractivity contribution in [1.82, 2.24) is 0 Å². The molecule has 1 nitrogen and oxygen atoms in total. The SMILES string of the molecule is CCCCC(CC)Nc1ccccc1Br. The number of benzene rings is 1. The van der Waals surface area contributed by atoms with E-state index in [1.165, 1.54) is 31.4 Å². The van der Waals surface area contributed by atoms with Crippen LogP contribution in [0.2, 0.25) is 0 Å². The number of hydrogen-bond donors (Lipinski definition) is 1. The monoisotopic (exact) mass is 269 g/mol. The van der Waals surface area contributed by atoms with Gasteiger partial charge in [0.15, 0.2) is 0 Å². The van der Waals surface area contributed by atoms with Gasteiger partial charge in [0, 0.05) is 16.2 Å². The summed E-state index contributed by atoms with van der Waals surface area (Å²) in [6.45, 7) is 4.48. The van der Waals surface area contributed by atoms with Crippen LogP contribution in [0.1, 0.15) is 39.5 Å². The van der Waals surface area contributed by atoms with E-state index in [2.05, 4.69) is 53.3 Å². The number of para-hydroxylation sites is 1. The van der Waals surface area contributed by atoms with Crippen molar-refractivity contribution < 1.29 is 0 Å². The van der Waals surface area contributed by atoms with E-state index in [4.69, 9.17) is 0 Å². The maximum Gasteiger partial charge on any atom is 0.0486 e. The third-order valence-electron chi connectivity index (χ3n) is 2.63. The Kier molecular flexibility index (Phi) is 5.77. The van der Waals surface area contributed by atoms with Crippen LogP contribution in [0, 0.1) is 0 Å². The summed E-state index contributed by atoms with van der Waals surface area (Å²) >= 11 is 3.56. The summed E-state index contributed by atoms with van der Waals surface area (Å²) in [4.78, 5) is 0. The minimum atomic E-state index is 0.601. The summed E-state index contributed by atoms with van der Waals surface area (Å²) in [7, 11) is 0. The molecule has 0 spiro atoms. The van der Waals surface area contributed by atoms with Crippen molar-refractivity contribution in [2.45, 2.75) is 45.6 Å². The van der Waals surface area contributed by atoms with E-state index in [1.54, 1.807) is 0 Å². The van der Waals surface area contributed by atoms with Crippen LogP contribution < -0.4 is 5.32 Å². The van der Waals surface area contributed by atoms with Crippen LogP contribution in [0.3, 0.4) is 0 Å². The van der Waals surface area contributed by atoms with Gasteiger partial charge in [0.25, 0.3) is 0 Å². The van der Waals surface area contributed by atoms with Gasteiger partial charge in [-0.25, -0.2) is 0 Å². The smallest absolute Gasteiger partial charge is 0.0486 e. The highest BCUT2D eigenvalue weighted by molar-refractivity contribution is 9.10. The molecule has 1 rings (SSSR count). The molecule has 0 aliphatic heterocycles. The zero-order valence-electron chi connectivity index (χ0n) is 9.59. The van der Waals surface area contributed by atoms with Crippen molar-refractivity contribution in [1.29, 1.82) is 0 Å². The highest BCUT2D eigenvalue weighted by Crippen LogP contribution is 2.23. The van der Waals surface area contributed by atoms with Gasteiger partial charge in [0.2, 0.25) is 0 Å². The van der Waals surface area contributed by atoms with Gasteiger partial charge >= 0.3 is 0 Å². The Morgan fingerprint density at radius 1 is 1.27 bits per heavy atom. The Morgan fingerprint density at radius 2 is 2.00 bits per heavy atom. The maximum atomic E-state index is 3.58. The lowest BCUT2D eigenvalue weighted by Crippen LogP contribution is -2.18. The maximum absolute atomic E-state index is 3.58. The third kappa shape index (κ3) is 4.25. The molecule has 0 bridgehead atoms. The van der Waals surface area contributed by atoms with Gasteiger partial charge in [0.1, 0.15) is 0 Å². The first-order chi connectivity index (χ1) is 7.27. The molecule has 0 radical (unpaired) electrons. The van der Waals surface area contributed by atoms with E-state index in [0.29, 0.717) is 6.04 Å². The molecule has 1 aromatic carbocycles. The molecule has 0 amide bonds. The quantitative estimate of drug-likeness (QED) is 0.780. The standard InChI is InChI=1S/C13H20BrN/c1-3-5-8-11(4-2)15-13-10-7-6-9-12(13)14/h6-7,9-11,15H,3-5,8H2,1-2H3. The molecule has 1 unspecified atom stereocenters. The normalized spacial score (nSPS) is 12.5. The summed E-state index contributed by atoms with van der Waals surface area (Å²) in [5, 5.41) is 3.58. The number of hydrogen-bond acceptors (Lipinski definition) is 1. The van der Waals surface area contributed by atoms with Crippen LogP contribution >= 0.6 is 15.9 Å². The van der Waals surface area contributed by atoms with Crippen LogP contribution in [0.4, 0.5) is 5.69 Å². The molecule has 0 fully saturated rings. The van der Waals surface area contributed by atoms with Crippen molar-refractivity contribution in [2.24, 2.45) is 0 Å². The summed E-state index contributed by atoms with van der Waals surface area (Å²) < 4.78 is 1.15. The van der Waals surface area contributed by atoms with Gasteiger partial charge in [-0.2, -0.15) is 0 Å². The molecule has 0 aliphatic carbocycles. The predicted octanol–water partition coefficient (Wildman–Crippen LogP) is 4.83. The van der Waals surface area contributed by atoms with Crippen molar-refractivity contribution in [3.63, 3.8) is 0 Å². The second kappa shape index (κ2) is 6.89. The molecule has 0 saturated carbocycles. The molecule has 1 aromatic rings. The molecule has 0 saturated heterocycles. The lowest BCUT2D eigenvalue weighted by molar-refractivity contribution is 0.593. The van der Waals surface area contributed by atoms with Gasteiger partial charge in [-0.05, 0) is 40.9 Å². The minimum absolute atomic E-state index is 0.601. The Hall–Kier alpha value is -0.500. The first-order valence-electron chi connectivity index (χ1n) is 5.79. The van der Waals surface area contributed by atoms with Gasteiger partial charge in [-0.15, -0.1) is 0 Å². The van der Waals surface area contributed by atoms with Crippen LogP contribution in [0.25, 0.3) is 0 Å². The highest BCUT2D eigenvalue weighted by Gasteiger charge is 2.06. The third-order valence-corrected chi connectivity index (χ3v) is 3.32. The molecule has 0 heterocycles. The molecule has 15 heavy (non-hydrogen) atoms. The molecule has 1 atom stereocenters. The lowest BCUT2D eigenvalue weighted by atomic mass is 10.1. The average Bonchev–Trinajstić information content (AvgIpc) is 2.26. The summed E-state index contributed by atoms with van der Waals surface area (Å²) in [5.41, 5.74) is 1.21. The van der Waals surface area contributed by atoms with Gasteiger partial charge in [-0.3, -0.25) is 0 Å². The van der Waals surface area contributed by atoms with Crippen molar-refractivity contribution in [3.05, 3.63) is 28.7 Å². The number of rotatable bonds is 6. The van der Waals surface area contributed by atoms with Crippen molar-refractivity contribution in [2.75, 3.05) is 5.32 Å². The minimum Gasteiger partial charge on any atom is -0.381 e. The molecular formula is C13H20BrN. The van der Waals surface area contributed by atoms with Crippen molar-refractivity contribution in [3.8, 4) is 0 Å².